The molecule has 0 aromatic heterocycles. The van der Waals surface area contributed by atoms with Crippen molar-refractivity contribution < 1.29 is 14.2 Å². The lowest BCUT2D eigenvalue weighted by Gasteiger charge is -2.38. The normalized spacial score (nSPS) is 18.7. The molecule has 0 N–H and O–H groups in total. The average molecular weight is 327 g/mol. The fourth-order valence-corrected chi connectivity index (χ4v) is 3.10. The third-order valence-corrected chi connectivity index (χ3v) is 4.63. The first-order valence-corrected chi connectivity index (χ1v) is 9.83. The lowest BCUT2D eigenvalue weighted by atomic mass is 10.0. The predicted octanol–water partition coefficient (Wildman–Crippen LogP) is 5.63. The first-order chi connectivity index (χ1) is 11.3. The molecule has 0 spiro atoms. The molecule has 1 rings (SSSR count). The van der Waals surface area contributed by atoms with Crippen molar-refractivity contribution in [3.05, 3.63) is 12.2 Å². The minimum absolute atomic E-state index is 0.0444. The average Bonchev–Trinajstić information content (AvgIpc) is 2.83. The SMILES string of the molecule is CCCCCCCCOC(CCCC)C1(CC)OCC=CCO1. The summed E-state index contributed by atoms with van der Waals surface area (Å²) in [6.07, 6.45) is 16.1. The highest BCUT2D eigenvalue weighted by Crippen LogP contribution is 2.30. The Morgan fingerprint density at radius 1 is 0.870 bits per heavy atom. The van der Waals surface area contributed by atoms with E-state index in [2.05, 4.69) is 20.8 Å². The van der Waals surface area contributed by atoms with Gasteiger partial charge in [0.25, 0.3) is 0 Å². The molecule has 0 aromatic rings. The highest BCUT2D eigenvalue weighted by atomic mass is 16.7. The van der Waals surface area contributed by atoms with Crippen LogP contribution in [0.5, 0.6) is 0 Å². The van der Waals surface area contributed by atoms with E-state index in [1.807, 2.05) is 12.2 Å². The van der Waals surface area contributed by atoms with Crippen LogP contribution in [0.2, 0.25) is 0 Å². The van der Waals surface area contributed by atoms with Crippen molar-refractivity contribution in [2.45, 2.75) is 96.9 Å². The predicted molar refractivity (Wildman–Crippen MR) is 96.7 cm³/mol. The molecule has 0 saturated carbocycles. The van der Waals surface area contributed by atoms with Gasteiger partial charge in [-0.3, -0.25) is 0 Å². The zero-order valence-electron chi connectivity index (χ0n) is 15.6. The maximum Gasteiger partial charge on any atom is 0.195 e. The number of hydrogen-bond donors (Lipinski definition) is 0. The molecule has 3 nitrogen and oxygen atoms in total. The topological polar surface area (TPSA) is 27.7 Å². The quantitative estimate of drug-likeness (QED) is 0.324. The van der Waals surface area contributed by atoms with Crippen LogP contribution in [0.3, 0.4) is 0 Å². The fourth-order valence-electron chi connectivity index (χ4n) is 3.10. The lowest BCUT2D eigenvalue weighted by molar-refractivity contribution is -0.284. The van der Waals surface area contributed by atoms with Crippen molar-refractivity contribution in [2.75, 3.05) is 19.8 Å². The summed E-state index contributed by atoms with van der Waals surface area (Å²) >= 11 is 0. The van der Waals surface area contributed by atoms with Crippen molar-refractivity contribution in [1.82, 2.24) is 0 Å². The maximum absolute atomic E-state index is 6.26. The molecule has 1 unspecified atom stereocenters. The molecule has 1 atom stereocenters. The largest absolute Gasteiger partial charge is 0.373 e. The van der Waals surface area contributed by atoms with Gasteiger partial charge in [0.2, 0.25) is 0 Å². The molecule has 1 aliphatic rings. The summed E-state index contributed by atoms with van der Waals surface area (Å²) in [6.45, 7) is 8.68. The number of rotatable bonds is 13. The zero-order valence-corrected chi connectivity index (χ0v) is 15.6. The van der Waals surface area contributed by atoms with Crippen LogP contribution in [-0.2, 0) is 14.2 Å². The van der Waals surface area contributed by atoms with Gasteiger partial charge in [-0.2, -0.15) is 0 Å². The summed E-state index contributed by atoms with van der Waals surface area (Å²) in [6, 6.07) is 0. The van der Waals surface area contributed by atoms with E-state index in [4.69, 9.17) is 14.2 Å². The van der Waals surface area contributed by atoms with Crippen LogP contribution in [0.1, 0.15) is 85.0 Å². The molecular formula is C20H38O3. The number of unbranched alkanes of at least 4 members (excludes halogenated alkanes) is 6. The zero-order chi connectivity index (χ0) is 16.8. The van der Waals surface area contributed by atoms with Crippen LogP contribution in [-0.4, -0.2) is 31.7 Å². The molecular weight excluding hydrogens is 288 g/mol. The van der Waals surface area contributed by atoms with Gasteiger partial charge in [-0.1, -0.05) is 77.9 Å². The van der Waals surface area contributed by atoms with E-state index in [0.29, 0.717) is 13.2 Å². The molecule has 0 aromatic carbocycles. The maximum atomic E-state index is 6.26. The van der Waals surface area contributed by atoms with E-state index in [9.17, 15) is 0 Å². The molecule has 136 valence electrons. The van der Waals surface area contributed by atoms with Gasteiger partial charge in [0.15, 0.2) is 5.79 Å². The summed E-state index contributed by atoms with van der Waals surface area (Å²) in [7, 11) is 0. The van der Waals surface area contributed by atoms with Crippen LogP contribution in [0, 0.1) is 0 Å². The summed E-state index contributed by atoms with van der Waals surface area (Å²) < 4.78 is 18.4. The molecule has 0 fully saturated rings. The minimum Gasteiger partial charge on any atom is -0.373 e. The van der Waals surface area contributed by atoms with E-state index in [1.165, 1.54) is 38.5 Å². The highest BCUT2D eigenvalue weighted by molar-refractivity contribution is 4.90. The molecule has 0 aliphatic carbocycles. The molecule has 0 amide bonds. The van der Waals surface area contributed by atoms with E-state index in [0.717, 1.165) is 32.3 Å². The van der Waals surface area contributed by atoms with Gasteiger partial charge >= 0.3 is 0 Å². The van der Waals surface area contributed by atoms with Crippen LogP contribution in [0.4, 0.5) is 0 Å². The second kappa shape index (κ2) is 13.0. The highest BCUT2D eigenvalue weighted by Gasteiger charge is 2.40. The van der Waals surface area contributed by atoms with E-state index in [-0.39, 0.29) is 6.10 Å². The van der Waals surface area contributed by atoms with Crippen LogP contribution in [0.25, 0.3) is 0 Å². The molecule has 0 radical (unpaired) electrons. The van der Waals surface area contributed by atoms with Crippen molar-refractivity contribution in [2.24, 2.45) is 0 Å². The molecule has 1 aliphatic heterocycles. The minimum atomic E-state index is -0.569. The van der Waals surface area contributed by atoms with Crippen molar-refractivity contribution >= 4 is 0 Å². The van der Waals surface area contributed by atoms with E-state index in [1.54, 1.807) is 0 Å². The Bertz CT molecular complexity index is 291. The monoisotopic (exact) mass is 326 g/mol. The Balaban J connectivity index is 2.43. The smallest absolute Gasteiger partial charge is 0.195 e. The molecule has 23 heavy (non-hydrogen) atoms. The second-order valence-corrected chi connectivity index (χ2v) is 6.53. The Labute approximate surface area is 143 Å². The summed E-state index contributed by atoms with van der Waals surface area (Å²) in [5.74, 6) is -0.569. The Morgan fingerprint density at radius 2 is 1.48 bits per heavy atom. The summed E-state index contributed by atoms with van der Waals surface area (Å²) in [5, 5.41) is 0. The van der Waals surface area contributed by atoms with Gasteiger partial charge < -0.3 is 14.2 Å². The number of hydrogen-bond acceptors (Lipinski definition) is 3. The van der Waals surface area contributed by atoms with Crippen molar-refractivity contribution in [3.8, 4) is 0 Å². The fraction of sp³-hybridized carbons (Fsp3) is 0.900. The third kappa shape index (κ3) is 7.82. The van der Waals surface area contributed by atoms with Crippen LogP contribution in [0.15, 0.2) is 12.2 Å². The van der Waals surface area contributed by atoms with Crippen LogP contribution >= 0.6 is 0 Å². The molecule has 0 bridgehead atoms. The lowest BCUT2D eigenvalue weighted by Crippen LogP contribution is -2.48. The van der Waals surface area contributed by atoms with Gasteiger partial charge in [0.05, 0.1) is 13.2 Å². The Morgan fingerprint density at radius 3 is 2.09 bits per heavy atom. The van der Waals surface area contributed by atoms with Gasteiger partial charge in [-0.15, -0.1) is 0 Å². The number of ether oxygens (including phenoxy) is 3. The summed E-state index contributed by atoms with van der Waals surface area (Å²) in [4.78, 5) is 0. The van der Waals surface area contributed by atoms with Crippen molar-refractivity contribution in [3.63, 3.8) is 0 Å². The first-order valence-electron chi connectivity index (χ1n) is 9.83. The van der Waals surface area contributed by atoms with Gasteiger partial charge in [-0.25, -0.2) is 0 Å². The Kier molecular flexibility index (Phi) is 11.7. The van der Waals surface area contributed by atoms with Gasteiger partial charge in [0.1, 0.15) is 6.10 Å². The Hall–Kier alpha value is -0.380. The van der Waals surface area contributed by atoms with E-state index < -0.39 is 5.79 Å². The molecule has 3 heteroatoms. The summed E-state index contributed by atoms with van der Waals surface area (Å²) in [5.41, 5.74) is 0. The van der Waals surface area contributed by atoms with Crippen LogP contribution < -0.4 is 0 Å². The third-order valence-electron chi connectivity index (χ3n) is 4.63. The molecule has 1 heterocycles. The second-order valence-electron chi connectivity index (χ2n) is 6.53. The van der Waals surface area contributed by atoms with Gasteiger partial charge in [-0.05, 0) is 12.8 Å². The van der Waals surface area contributed by atoms with E-state index >= 15 is 0 Å². The van der Waals surface area contributed by atoms with Gasteiger partial charge in [0, 0.05) is 13.0 Å². The van der Waals surface area contributed by atoms with Crippen molar-refractivity contribution in [1.29, 1.82) is 0 Å². The molecule has 0 saturated heterocycles. The first kappa shape index (κ1) is 20.7. The standard InChI is InChI=1S/C20H38O3/c1-4-7-9-10-11-12-16-21-19(15-8-5-2)20(6-3)22-17-13-14-18-23-20/h13-14,19H,4-12,15-18H2,1-3H3.